The smallest absolute Gasteiger partial charge is 0.233 e. The summed E-state index contributed by atoms with van der Waals surface area (Å²) >= 11 is 0.538. The van der Waals surface area contributed by atoms with Crippen LogP contribution in [0.15, 0.2) is 40.7 Å². The first-order chi connectivity index (χ1) is 11.2. The number of aromatic nitrogens is 1. The van der Waals surface area contributed by atoms with E-state index in [9.17, 15) is 21.6 Å². The Morgan fingerprint density at radius 2 is 1.96 bits per heavy atom. The molecule has 1 atom stereocenters. The van der Waals surface area contributed by atoms with Crippen LogP contribution in [0, 0.1) is 11.3 Å². The van der Waals surface area contributed by atoms with E-state index in [4.69, 9.17) is 5.26 Å². The van der Waals surface area contributed by atoms with E-state index in [1.807, 2.05) is 0 Å². The molecule has 1 heterocycles. The van der Waals surface area contributed by atoms with Crippen LogP contribution in [0.25, 0.3) is 0 Å². The Labute approximate surface area is 141 Å². The zero-order chi connectivity index (χ0) is 18.0. The summed E-state index contributed by atoms with van der Waals surface area (Å²) in [5.74, 6) is 0. The van der Waals surface area contributed by atoms with Crippen molar-refractivity contribution in [2.24, 2.45) is 0 Å². The molecule has 0 unspecified atom stereocenters. The van der Waals surface area contributed by atoms with Crippen molar-refractivity contribution >= 4 is 21.4 Å². The van der Waals surface area contributed by atoms with Crippen molar-refractivity contribution in [2.45, 2.75) is 23.4 Å². The first kappa shape index (κ1) is 18.4. The molecule has 0 amide bonds. The first-order valence-corrected chi connectivity index (χ1v) is 8.97. The van der Waals surface area contributed by atoms with Crippen LogP contribution in [0.1, 0.15) is 23.5 Å². The number of hydrogen-bond acceptors (Lipinski definition) is 5. The standard InChI is InChI=1S/C14H12F3N3O2S2/c1-2-20(24(21,22)12-9-19-11(8-18)23-12)13(14(15,16)17)10-6-4-3-5-7-10/h3-7,9,13H,2H2,1H3/t13-/m1/s1. The van der Waals surface area contributed by atoms with Crippen molar-refractivity contribution in [3.63, 3.8) is 0 Å². The predicted octanol–water partition coefficient (Wildman–Crippen LogP) is 3.33. The highest BCUT2D eigenvalue weighted by atomic mass is 32.2. The van der Waals surface area contributed by atoms with E-state index < -0.39 is 26.5 Å². The minimum atomic E-state index is -4.80. The van der Waals surface area contributed by atoms with E-state index in [2.05, 4.69) is 4.98 Å². The van der Waals surface area contributed by atoms with E-state index in [0.717, 1.165) is 6.20 Å². The molecule has 1 aromatic carbocycles. The van der Waals surface area contributed by atoms with Crippen LogP contribution >= 0.6 is 11.3 Å². The summed E-state index contributed by atoms with van der Waals surface area (Å²) < 4.78 is 66.0. The van der Waals surface area contributed by atoms with Gasteiger partial charge in [0.1, 0.15) is 12.1 Å². The van der Waals surface area contributed by atoms with Gasteiger partial charge in [-0.25, -0.2) is 13.4 Å². The fourth-order valence-electron chi connectivity index (χ4n) is 2.19. The number of halogens is 3. The number of hydrogen-bond donors (Lipinski definition) is 0. The minimum absolute atomic E-state index is 0.132. The molecular weight excluding hydrogens is 363 g/mol. The lowest BCUT2D eigenvalue weighted by atomic mass is 10.1. The average molecular weight is 375 g/mol. The van der Waals surface area contributed by atoms with Crippen molar-refractivity contribution in [3.05, 3.63) is 47.1 Å². The second kappa shape index (κ2) is 6.88. The summed E-state index contributed by atoms with van der Waals surface area (Å²) in [5.41, 5.74) is -0.180. The molecule has 1 aromatic heterocycles. The molecule has 5 nitrogen and oxygen atoms in total. The molecule has 0 saturated carbocycles. The Morgan fingerprint density at radius 1 is 1.33 bits per heavy atom. The van der Waals surface area contributed by atoms with Crippen LogP contribution in [0.5, 0.6) is 0 Å². The van der Waals surface area contributed by atoms with Gasteiger partial charge in [-0.2, -0.15) is 22.7 Å². The zero-order valence-electron chi connectivity index (χ0n) is 12.4. The number of thiazole rings is 1. The van der Waals surface area contributed by atoms with Crippen molar-refractivity contribution in [2.75, 3.05) is 6.54 Å². The molecule has 2 aromatic rings. The number of sulfonamides is 1. The van der Waals surface area contributed by atoms with E-state index in [1.54, 1.807) is 12.1 Å². The number of nitriles is 1. The summed E-state index contributed by atoms with van der Waals surface area (Å²) in [5, 5.41) is 8.61. The van der Waals surface area contributed by atoms with Gasteiger partial charge < -0.3 is 0 Å². The number of alkyl halides is 3. The maximum atomic E-state index is 13.6. The van der Waals surface area contributed by atoms with Crippen molar-refractivity contribution in [1.82, 2.24) is 9.29 Å². The summed E-state index contributed by atoms with van der Waals surface area (Å²) in [7, 11) is -4.45. The van der Waals surface area contributed by atoms with E-state index >= 15 is 0 Å². The van der Waals surface area contributed by atoms with Crippen LogP contribution in [-0.4, -0.2) is 30.4 Å². The number of rotatable bonds is 5. The molecule has 10 heteroatoms. The molecule has 0 spiro atoms. The highest BCUT2D eigenvalue weighted by Crippen LogP contribution is 2.40. The van der Waals surface area contributed by atoms with Crippen molar-refractivity contribution in [3.8, 4) is 6.07 Å². The first-order valence-electron chi connectivity index (χ1n) is 6.71. The van der Waals surface area contributed by atoms with E-state index in [-0.39, 0.29) is 17.1 Å². The van der Waals surface area contributed by atoms with Gasteiger partial charge in [0.2, 0.25) is 0 Å². The molecule has 0 aliphatic heterocycles. The third-order valence-electron chi connectivity index (χ3n) is 3.17. The Bertz CT molecular complexity index is 842. The largest absolute Gasteiger partial charge is 0.409 e. The summed E-state index contributed by atoms with van der Waals surface area (Å²) in [6.45, 7) is 0.937. The Kier molecular flexibility index (Phi) is 5.27. The molecule has 0 aliphatic carbocycles. The van der Waals surface area contributed by atoms with Gasteiger partial charge >= 0.3 is 6.18 Å². The molecule has 0 aliphatic rings. The van der Waals surface area contributed by atoms with Gasteiger partial charge in [-0.05, 0) is 5.56 Å². The lowest BCUT2D eigenvalue weighted by Gasteiger charge is -2.31. The fraction of sp³-hybridized carbons (Fsp3) is 0.286. The van der Waals surface area contributed by atoms with Crippen LogP contribution in [0.4, 0.5) is 13.2 Å². The number of nitrogens with zero attached hydrogens (tertiary/aromatic N) is 3. The van der Waals surface area contributed by atoms with Crippen molar-refractivity contribution < 1.29 is 21.6 Å². The van der Waals surface area contributed by atoms with Crippen LogP contribution < -0.4 is 0 Å². The lowest BCUT2D eigenvalue weighted by molar-refractivity contribution is -0.173. The molecule has 2 rings (SSSR count). The summed E-state index contributed by atoms with van der Waals surface area (Å²) in [4.78, 5) is 3.58. The molecular formula is C14H12F3N3O2S2. The molecule has 0 saturated heterocycles. The van der Waals surface area contributed by atoms with Gasteiger partial charge in [0.25, 0.3) is 10.0 Å². The quantitative estimate of drug-likeness (QED) is 0.803. The van der Waals surface area contributed by atoms with Crippen LogP contribution in [0.3, 0.4) is 0 Å². The molecule has 0 N–H and O–H groups in total. The highest BCUT2D eigenvalue weighted by molar-refractivity contribution is 7.91. The van der Waals surface area contributed by atoms with Crippen LogP contribution in [-0.2, 0) is 10.0 Å². The lowest BCUT2D eigenvalue weighted by Crippen LogP contribution is -2.42. The summed E-state index contributed by atoms with van der Waals surface area (Å²) in [6.07, 6.45) is -3.90. The normalized spacial score (nSPS) is 13.7. The third kappa shape index (κ3) is 3.58. The SMILES string of the molecule is CCN([C@H](c1ccccc1)C(F)(F)F)S(=O)(=O)c1cnc(C#N)s1. The van der Waals surface area contributed by atoms with Gasteiger partial charge in [-0.15, -0.1) is 0 Å². The second-order valence-corrected chi connectivity index (χ2v) is 7.81. The second-order valence-electron chi connectivity index (χ2n) is 4.66. The van der Waals surface area contributed by atoms with Crippen LogP contribution in [0.2, 0.25) is 0 Å². The number of benzene rings is 1. The minimum Gasteiger partial charge on any atom is -0.233 e. The molecule has 128 valence electrons. The van der Waals surface area contributed by atoms with E-state index in [1.165, 1.54) is 31.2 Å². The third-order valence-corrected chi connectivity index (χ3v) is 6.45. The predicted molar refractivity (Wildman–Crippen MR) is 81.6 cm³/mol. The van der Waals surface area contributed by atoms with Gasteiger partial charge in [-0.1, -0.05) is 48.6 Å². The zero-order valence-corrected chi connectivity index (χ0v) is 14.0. The topological polar surface area (TPSA) is 74.1 Å². The van der Waals surface area contributed by atoms with E-state index in [0.29, 0.717) is 15.6 Å². The molecule has 0 bridgehead atoms. The Morgan fingerprint density at radius 3 is 2.42 bits per heavy atom. The van der Waals surface area contributed by atoms with Gasteiger partial charge in [-0.3, -0.25) is 0 Å². The molecule has 24 heavy (non-hydrogen) atoms. The fourth-order valence-corrected chi connectivity index (χ4v) is 4.86. The van der Waals surface area contributed by atoms with Gasteiger partial charge in [0, 0.05) is 6.54 Å². The summed E-state index contributed by atoms with van der Waals surface area (Å²) in [6, 6.07) is 6.17. The van der Waals surface area contributed by atoms with Gasteiger partial charge in [0.05, 0.1) is 6.20 Å². The maximum Gasteiger partial charge on any atom is 0.409 e. The Hall–Kier alpha value is -1.96. The maximum absolute atomic E-state index is 13.6. The van der Waals surface area contributed by atoms with Crippen molar-refractivity contribution in [1.29, 1.82) is 5.26 Å². The van der Waals surface area contributed by atoms with Gasteiger partial charge in [0.15, 0.2) is 9.22 Å². The molecule has 0 radical (unpaired) electrons. The monoisotopic (exact) mass is 375 g/mol. The Balaban J connectivity index is 2.56. The average Bonchev–Trinajstić information content (AvgIpc) is 3.01. The highest BCUT2D eigenvalue weighted by Gasteiger charge is 2.49. The molecule has 0 fully saturated rings.